The summed E-state index contributed by atoms with van der Waals surface area (Å²) in [4.78, 5) is 0. The third-order valence-corrected chi connectivity index (χ3v) is 3.06. The summed E-state index contributed by atoms with van der Waals surface area (Å²) in [5.41, 5.74) is 2.55. The molecule has 1 heterocycles. The Morgan fingerprint density at radius 1 is 0.895 bits per heavy atom. The van der Waals surface area contributed by atoms with Crippen LogP contribution in [-0.4, -0.2) is 21.9 Å². The van der Waals surface area contributed by atoms with Crippen LogP contribution < -0.4 is 4.74 Å². The van der Waals surface area contributed by atoms with Gasteiger partial charge in [0.15, 0.2) is 11.5 Å². The van der Waals surface area contributed by atoms with E-state index in [-0.39, 0.29) is 17.2 Å². The van der Waals surface area contributed by atoms with Gasteiger partial charge in [-0.3, -0.25) is 0 Å². The number of ether oxygens (including phenoxy) is 1. The molecule has 0 fully saturated rings. The molecule has 1 aliphatic heterocycles. The van der Waals surface area contributed by atoms with Crippen LogP contribution in [0.4, 0.5) is 0 Å². The molecule has 0 unspecified atom stereocenters. The molecule has 0 aliphatic carbocycles. The van der Waals surface area contributed by atoms with E-state index in [0.717, 1.165) is 16.7 Å². The molecule has 3 N–H and O–H groups in total. The molecule has 19 heavy (non-hydrogen) atoms. The first-order chi connectivity index (χ1) is 9.13. The third kappa shape index (κ3) is 2.08. The van der Waals surface area contributed by atoms with E-state index >= 15 is 0 Å². The normalized spacial score (nSPS) is 13.4. The minimum Gasteiger partial charge on any atom is -0.508 e. The first-order valence-corrected chi connectivity index (χ1v) is 5.82. The van der Waals surface area contributed by atoms with Crippen LogP contribution in [0, 0.1) is 0 Å². The van der Waals surface area contributed by atoms with Crippen LogP contribution in [0.1, 0.15) is 11.1 Å². The highest BCUT2D eigenvalue weighted by Gasteiger charge is 2.14. The van der Waals surface area contributed by atoms with Gasteiger partial charge in [0.25, 0.3) is 0 Å². The highest BCUT2D eigenvalue weighted by Crippen LogP contribution is 2.35. The highest BCUT2D eigenvalue weighted by molar-refractivity contribution is 5.86. The van der Waals surface area contributed by atoms with Gasteiger partial charge in [0.2, 0.25) is 0 Å². The van der Waals surface area contributed by atoms with Crippen molar-refractivity contribution >= 4 is 11.6 Å². The molecule has 0 aromatic heterocycles. The maximum absolute atomic E-state index is 9.51. The number of phenolic OH excluding ortho intramolecular Hbond substituents is 3. The van der Waals surface area contributed by atoms with Crippen LogP contribution in [0.25, 0.3) is 11.6 Å². The minimum atomic E-state index is -0.157. The average Bonchev–Trinajstić information content (AvgIpc) is 2.41. The molecule has 96 valence electrons. The van der Waals surface area contributed by atoms with Crippen molar-refractivity contribution in [3.63, 3.8) is 0 Å². The first kappa shape index (κ1) is 11.5. The summed E-state index contributed by atoms with van der Waals surface area (Å²) in [6.45, 7) is 0.348. The van der Waals surface area contributed by atoms with Crippen molar-refractivity contribution in [2.45, 2.75) is 0 Å². The zero-order valence-electron chi connectivity index (χ0n) is 10.00. The van der Waals surface area contributed by atoms with Crippen molar-refractivity contribution in [2.24, 2.45) is 0 Å². The molecule has 0 spiro atoms. The van der Waals surface area contributed by atoms with Crippen molar-refractivity contribution in [2.75, 3.05) is 6.61 Å². The predicted octanol–water partition coefficient (Wildman–Crippen LogP) is 2.74. The number of hydrogen-bond donors (Lipinski definition) is 3. The standard InChI is InChI=1S/C15H12O4/c16-12-3-1-10-5-11(8-19-15(10)7-12)9-2-4-13(17)14(18)6-9/h1-7,16-18H,8H2. The molecule has 3 rings (SSSR count). The number of aromatic hydroxyl groups is 3. The maximum atomic E-state index is 9.51. The fraction of sp³-hybridized carbons (Fsp3) is 0.0667. The summed E-state index contributed by atoms with van der Waals surface area (Å²) in [7, 11) is 0. The smallest absolute Gasteiger partial charge is 0.158 e. The Labute approximate surface area is 109 Å². The minimum absolute atomic E-state index is 0.147. The summed E-state index contributed by atoms with van der Waals surface area (Å²) in [6.07, 6.45) is 1.93. The van der Waals surface area contributed by atoms with Crippen LogP contribution in [0.15, 0.2) is 36.4 Å². The van der Waals surface area contributed by atoms with Gasteiger partial charge in [0.1, 0.15) is 18.1 Å². The van der Waals surface area contributed by atoms with Crippen LogP contribution in [0.3, 0.4) is 0 Å². The molecule has 1 aliphatic rings. The van der Waals surface area contributed by atoms with Gasteiger partial charge in [0.05, 0.1) is 0 Å². The van der Waals surface area contributed by atoms with E-state index in [1.165, 1.54) is 12.1 Å². The average molecular weight is 256 g/mol. The molecule has 0 saturated heterocycles. The second-order valence-corrected chi connectivity index (χ2v) is 4.38. The zero-order chi connectivity index (χ0) is 13.4. The molecular weight excluding hydrogens is 244 g/mol. The van der Waals surface area contributed by atoms with Gasteiger partial charge in [-0.15, -0.1) is 0 Å². The van der Waals surface area contributed by atoms with E-state index in [0.29, 0.717) is 12.4 Å². The summed E-state index contributed by atoms with van der Waals surface area (Å²) >= 11 is 0. The van der Waals surface area contributed by atoms with E-state index in [9.17, 15) is 15.3 Å². The molecule has 0 saturated carbocycles. The fourth-order valence-electron chi connectivity index (χ4n) is 2.04. The molecule has 0 atom stereocenters. The SMILES string of the molecule is Oc1ccc2c(c1)OCC(c1ccc(O)c(O)c1)=C2. The Morgan fingerprint density at radius 3 is 2.53 bits per heavy atom. The number of hydrogen-bond acceptors (Lipinski definition) is 4. The van der Waals surface area contributed by atoms with Crippen LogP contribution in [0.5, 0.6) is 23.0 Å². The van der Waals surface area contributed by atoms with Crippen LogP contribution in [0.2, 0.25) is 0 Å². The lowest BCUT2D eigenvalue weighted by molar-refractivity contribution is 0.362. The van der Waals surface area contributed by atoms with Gasteiger partial charge in [-0.25, -0.2) is 0 Å². The third-order valence-electron chi connectivity index (χ3n) is 3.06. The predicted molar refractivity (Wildman–Crippen MR) is 71.2 cm³/mol. The summed E-state index contributed by atoms with van der Waals surface area (Å²) in [6, 6.07) is 9.58. The van der Waals surface area contributed by atoms with Gasteiger partial charge < -0.3 is 20.1 Å². The molecule has 2 aromatic carbocycles. The highest BCUT2D eigenvalue weighted by atomic mass is 16.5. The lowest BCUT2D eigenvalue weighted by atomic mass is 10.0. The molecule has 4 nitrogen and oxygen atoms in total. The summed E-state index contributed by atoms with van der Waals surface area (Å²) in [5.74, 6) is 0.492. The van der Waals surface area contributed by atoms with Gasteiger partial charge in [0, 0.05) is 11.6 Å². The number of benzene rings is 2. The van der Waals surface area contributed by atoms with E-state index < -0.39 is 0 Å². The van der Waals surface area contributed by atoms with Crippen molar-refractivity contribution in [1.29, 1.82) is 0 Å². The van der Waals surface area contributed by atoms with Crippen molar-refractivity contribution < 1.29 is 20.1 Å². The number of fused-ring (bicyclic) bond motifs is 1. The zero-order valence-corrected chi connectivity index (χ0v) is 10.00. The Bertz CT molecular complexity index is 674. The quantitative estimate of drug-likeness (QED) is 0.686. The monoisotopic (exact) mass is 256 g/mol. The van der Waals surface area contributed by atoms with Gasteiger partial charge in [-0.1, -0.05) is 6.07 Å². The van der Waals surface area contributed by atoms with Gasteiger partial charge in [-0.05, 0) is 41.5 Å². The summed E-state index contributed by atoms with van der Waals surface area (Å²) < 4.78 is 5.57. The van der Waals surface area contributed by atoms with E-state index in [1.807, 2.05) is 6.08 Å². The lowest BCUT2D eigenvalue weighted by Gasteiger charge is -2.18. The molecule has 2 aromatic rings. The van der Waals surface area contributed by atoms with Crippen molar-refractivity contribution in [3.05, 3.63) is 47.5 Å². The maximum Gasteiger partial charge on any atom is 0.158 e. The lowest BCUT2D eigenvalue weighted by Crippen LogP contribution is -2.06. The second kappa shape index (κ2) is 4.24. The largest absolute Gasteiger partial charge is 0.508 e. The van der Waals surface area contributed by atoms with Crippen molar-refractivity contribution in [1.82, 2.24) is 0 Å². The van der Waals surface area contributed by atoms with Crippen LogP contribution in [-0.2, 0) is 0 Å². The Kier molecular flexibility index (Phi) is 2.56. The fourth-order valence-corrected chi connectivity index (χ4v) is 2.04. The van der Waals surface area contributed by atoms with E-state index in [4.69, 9.17) is 4.74 Å². The molecule has 0 amide bonds. The first-order valence-electron chi connectivity index (χ1n) is 5.82. The molecular formula is C15H12O4. The van der Waals surface area contributed by atoms with Gasteiger partial charge in [-0.2, -0.15) is 0 Å². The molecule has 0 bridgehead atoms. The second-order valence-electron chi connectivity index (χ2n) is 4.38. The van der Waals surface area contributed by atoms with E-state index in [1.54, 1.807) is 24.3 Å². The topological polar surface area (TPSA) is 69.9 Å². The Hall–Kier alpha value is -2.62. The Balaban J connectivity index is 2.03. The number of rotatable bonds is 1. The summed E-state index contributed by atoms with van der Waals surface area (Å²) in [5, 5.41) is 28.2. The molecule has 0 radical (unpaired) electrons. The van der Waals surface area contributed by atoms with Gasteiger partial charge >= 0.3 is 0 Å². The van der Waals surface area contributed by atoms with E-state index in [2.05, 4.69) is 0 Å². The number of phenols is 3. The van der Waals surface area contributed by atoms with Crippen molar-refractivity contribution in [3.8, 4) is 23.0 Å². The van der Waals surface area contributed by atoms with Crippen LogP contribution >= 0.6 is 0 Å². The molecule has 4 heteroatoms. The Morgan fingerprint density at radius 2 is 1.74 bits per heavy atom.